The van der Waals surface area contributed by atoms with Crippen LogP contribution in [0.15, 0.2) is 47.4 Å². The average Bonchev–Trinajstić information content (AvgIpc) is 2.46. The topological polar surface area (TPSA) is 22.1 Å². The summed E-state index contributed by atoms with van der Waals surface area (Å²) in [5.74, 6) is 2.05. The van der Waals surface area contributed by atoms with Gasteiger partial charge in [0.15, 0.2) is 0 Å². The quantitative estimate of drug-likeness (QED) is 0.607. The van der Waals surface area contributed by atoms with Crippen LogP contribution in [0.4, 0.5) is 0 Å². The molecule has 18 heavy (non-hydrogen) atoms. The van der Waals surface area contributed by atoms with Gasteiger partial charge in [0.25, 0.3) is 0 Å². The summed E-state index contributed by atoms with van der Waals surface area (Å²) in [4.78, 5) is 5.59. The average molecular weight is 280 g/mol. The summed E-state index contributed by atoms with van der Waals surface area (Å²) in [6.07, 6.45) is 0. The van der Waals surface area contributed by atoms with Crippen molar-refractivity contribution in [3.05, 3.63) is 53.7 Å². The normalized spacial score (nSPS) is 10.3. The molecule has 0 aliphatic carbocycles. The predicted octanol–water partition coefficient (Wildman–Crippen LogP) is 4.12. The zero-order valence-electron chi connectivity index (χ0n) is 10.1. The van der Waals surface area contributed by atoms with Gasteiger partial charge in [-0.1, -0.05) is 18.2 Å². The van der Waals surface area contributed by atoms with E-state index < -0.39 is 0 Å². The first kappa shape index (κ1) is 13.2. The third-order valence-electron chi connectivity index (χ3n) is 2.45. The molecule has 1 aromatic carbocycles. The van der Waals surface area contributed by atoms with Crippen molar-refractivity contribution in [1.29, 1.82) is 0 Å². The second-order valence-electron chi connectivity index (χ2n) is 3.74. The zero-order valence-corrected chi connectivity index (χ0v) is 11.7. The van der Waals surface area contributed by atoms with E-state index in [4.69, 9.17) is 16.3 Å². The maximum atomic E-state index is 5.75. The van der Waals surface area contributed by atoms with Crippen molar-refractivity contribution < 1.29 is 4.74 Å². The SMILES string of the molecule is COc1cccc(CSc2ccc(CCl)cc2)n1. The molecule has 4 heteroatoms. The van der Waals surface area contributed by atoms with Crippen LogP contribution < -0.4 is 4.74 Å². The van der Waals surface area contributed by atoms with Crippen molar-refractivity contribution in [2.45, 2.75) is 16.5 Å². The summed E-state index contributed by atoms with van der Waals surface area (Å²) in [7, 11) is 1.63. The van der Waals surface area contributed by atoms with E-state index in [1.165, 1.54) is 4.90 Å². The lowest BCUT2D eigenvalue weighted by molar-refractivity contribution is 0.397. The Kier molecular flexibility index (Phi) is 4.90. The molecular formula is C14H14ClNOS. The minimum Gasteiger partial charge on any atom is -0.481 e. The van der Waals surface area contributed by atoms with Gasteiger partial charge in [-0.05, 0) is 23.8 Å². The van der Waals surface area contributed by atoms with E-state index >= 15 is 0 Å². The van der Waals surface area contributed by atoms with Gasteiger partial charge in [0.05, 0.1) is 12.8 Å². The van der Waals surface area contributed by atoms with Crippen LogP contribution in [0.5, 0.6) is 5.88 Å². The molecule has 0 saturated carbocycles. The first-order valence-electron chi connectivity index (χ1n) is 5.59. The zero-order chi connectivity index (χ0) is 12.8. The molecule has 94 valence electrons. The third-order valence-corrected chi connectivity index (χ3v) is 3.81. The first-order chi connectivity index (χ1) is 8.81. The van der Waals surface area contributed by atoms with Crippen molar-refractivity contribution in [2.24, 2.45) is 0 Å². The minimum atomic E-state index is 0.558. The largest absolute Gasteiger partial charge is 0.481 e. The molecule has 0 aliphatic rings. The molecule has 0 spiro atoms. The number of rotatable bonds is 5. The molecule has 0 saturated heterocycles. The number of nitrogens with zero attached hydrogens (tertiary/aromatic N) is 1. The van der Waals surface area contributed by atoms with Gasteiger partial charge in [-0.2, -0.15) is 0 Å². The molecule has 2 aromatic rings. The number of hydrogen-bond acceptors (Lipinski definition) is 3. The van der Waals surface area contributed by atoms with Gasteiger partial charge < -0.3 is 4.74 Å². The molecule has 0 amide bonds. The Morgan fingerprint density at radius 1 is 1.17 bits per heavy atom. The molecule has 1 heterocycles. The van der Waals surface area contributed by atoms with E-state index in [0.717, 1.165) is 17.0 Å². The van der Waals surface area contributed by atoms with E-state index in [2.05, 4.69) is 17.1 Å². The molecule has 2 nitrogen and oxygen atoms in total. The summed E-state index contributed by atoms with van der Waals surface area (Å²) >= 11 is 7.51. The molecular weight excluding hydrogens is 266 g/mol. The molecule has 0 fully saturated rings. The fourth-order valence-electron chi connectivity index (χ4n) is 1.48. The van der Waals surface area contributed by atoms with E-state index in [1.54, 1.807) is 18.9 Å². The lowest BCUT2D eigenvalue weighted by Crippen LogP contribution is -1.91. The number of halogens is 1. The van der Waals surface area contributed by atoms with Gasteiger partial charge in [0, 0.05) is 22.6 Å². The number of aromatic nitrogens is 1. The highest BCUT2D eigenvalue weighted by molar-refractivity contribution is 7.98. The van der Waals surface area contributed by atoms with E-state index in [9.17, 15) is 0 Å². The third kappa shape index (κ3) is 3.65. The van der Waals surface area contributed by atoms with Crippen LogP contribution in [0.2, 0.25) is 0 Å². The van der Waals surface area contributed by atoms with E-state index in [0.29, 0.717) is 11.8 Å². The number of pyridine rings is 1. The maximum absolute atomic E-state index is 5.75. The van der Waals surface area contributed by atoms with Crippen LogP contribution in [-0.4, -0.2) is 12.1 Å². The van der Waals surface area contributed by atoms with Crippen molar-refractivity contribution >= 4 is 23.4 Å². The van der Waals surface area contributed by atoms with Gasteiger partial charge in [-0.15, -0.1) is 23.4 Å². The lowest BCUT2D eigenvalue weighted by atomic mass is 10.2. The second kappa shape index (κ2) is 6.66. The number of benzene rings is 1. The highest BCUT2D eigenvalue weighted by atomic mass is 35.5. The Bertz CT molecular complexity index is 501. The maximum Gasteiger partial charge on any atom is 0.213 e. The number of thioether (sulfide) groups is 1. The number of hydrogen-bond donors (Lipinski definition) is 0. The molecule has 0 unspecified atom stereocenters. The van der Waals surface area contributed by atoms with Crippen molar-refractivity contribution in [1.82, 2.24) is 4.98 Å². The number of alkyl halides is 1. The second-order valence-corrected chi connectivity index (χ2v) is 5.05. The van der Waals surface area contributed by atoms with Crippen molar-refractivity contribution in [3.63, 3.8) is 0 Å². The summed E-state index contributed by atoms with van der Waals surface area (Å²) in [6, 6.07) is 14.1. The monoisotopic (exact) mass is 279 g/mol. The predicted molar refractivity (Wildman–Crippen MR) is 76.3 cm³/mol. The minimum absolute atomic E-state index is 0.558. The summed E-state index contributed by atoms with van der Waals surface area (Å²) in [5.41, 5.74) is 2.15. The molecule has 0 aliphatic heterocycles. The van der Waals surface area contributed by atoms with E-state index in [-0.39, 0.29) is 0 Å². The van der Waals surface area contributed by atoms with Crippen LogP contribution in [0.25, 0.3) is 0 Å². The summed E-state index contributed by atoms with van der Waals surface area (Å²) in [6.45, 7) is 0. The lowest BCUT2D eigenvalue weighted by Gasteiger charge is -2.04. The Morgan fingerprint density at radius 2 is 1.94 bits per heavy atom. The Hall–Kier alpha value is -1.19. The first-order valence-corrected chi connectivity index (χ1v) is 7.11. The van der Waals surface area contributed by atoms with Gasteiger partial charge in [-0.3, -0.25) is 0 Å². The van der Waals surface area contributed by atoms with Crippen LogP contribution in [0.1, 0.15) is 11.3 Å². The Labute approximate surface area is 116 Å². The highest BCUT2D eigenvalue weighted by Crippen LogP contribution is 2.23. The molecule has 1 aromatic heterocycles. The van der Waals surface area contributed by atoms with Crippen molar-refractivity contribution in [3.8, 4) is 5.88 Å². The molecule has 0 N–H and O–H groups in total. The smallest absolute Gasteiger partial charge is 0.213 e. The van der Waals surface area contributed by atoms with Crippen LogP contribution in [0, 0.1) is 0 Å². The molecule has 0 bridgehead atoms. The summed E-state index contributed by atoms with van der Waals surface area (Å²) in [5, 5.41) is 0. The Balaban J connectivity index is 1.97. The standard InChI is InChI=1S/C14H14ClNOS/c1-17-14-4-2-3-12(16-14)10-18-13-7-5-11(9-15)6-8-13/h2-8H,9-10H2,1H3. The number of ether oxygens (including phenoxy) is 1. The van der Waals surface area contributed by atoms with Crippen LogP contribution in [0.3, 0.4) is 0 Å². The van der Waals surface area contributed by atoms with E-state index in [1.807, 2.05) is 30.3 Å². The van der Waals surface area contributed by atoms with Gasteiger partial charge in [0.2, 0.25) is 5.88 Å². The van der Waals surface area contributed by atoms with Crippen LogP contribution >= 0.6 is 23.4 Å². The highest BCUT2D eigenvalue weighted by Gasteiger charge is 2.00. The van der Waals surface area contributed by atoms with Crippen LogP contribution in [-0.2, 0) is 11.6 Å². The van der Waals surface area contributed by atoms with Gasteiger partial charge in [0.1, 0.15) is 0 Å². The molecule has 0 atom stereocenters. The number of methoxy groups -OCH3 is 1. The van der Waals surface area contributed by atoms with Crippen molar-refractivity contribution in [2.75, 3.05) is 7.11 Å². The van der Waals surface area contributed by atoms with Gasteiger partial charge >= 0.3 is 0 Å². The summed E-state index contributed by atoms with van der Waals surface area (Å²) < 4.78 is 5.10. The molecule has 2 rings (SSSR count). The fraction of sp³-hybridized carbons (Fsp3) is 0.214. The Morgan fingerprint density at radius 3 is 2.61 bits per heavy atom. The fourth-order valence-corrected chi connectivity index (χ4v) is 2.47. The molecule has 0 radical (unpaired) electrons. The van der Waals surface area contributed by atoms with Gasteiger partial charge in [-0.25, -0.2) is 4.98 Å².